The molecule has 0 spiro atoms. The van der Waals surface area contributed by atoms with Gasteiger partial charge in [-0.3, -0.25) is 0 Å². The van der Waals surface area contributed by atoms with Crippen LogP contribution in [0.25, 0.3) is 11.2 Å². The van der Waals surface area contributed by atoms with E-state index in [4.69, 9.17) is 5.73 Å². The average Bonchev–Trinajstić information content (AvgIpc) is 2.59. The molecule has 0 aromatic carbocycles. The second-order valence-electron chi connectivity index (χ2n) is 3.48. The predicted molar refractivity (Wildman–Crippen MR) is 57.0 cm³/mol. The number of aromatic nitrogens is 5. The molecule has 2 N–H and O–H groups in total. The van der Waals surface area contributed by atoms with Crippen LogP contribution in [0.5, 0.6) is 0 Å². The first-order valence-electron chi connectivity index (χ1n) is 4.61. The molecule has 0 fully saturated rings. The van der Waals surface area contributed by atoms with Crippen molar-refractivity contribution >= 4 is 17.0 Å². The van der Waals surface area contributed by atoms with Gasteiger partial charge in [0.15, 0.2) is 17.0 Å². The molecule has 6 heteroatoms. The van der Waals surface area contributed by atoms with Crippen molar-refractivity contribution in [1.82, 2.24) is 25.0 Å². The van der Waals surface area contributed by atoms with E-state index in [1.54, 1.807) is 4.68 Å². The van der Waals surface area contributed by atoms with E-state index in [9.17, 15) is 0 Å². The highest BCUT2D eigenvalue weighted by atomic mass is 15.4. The molecule has 0 saturated carbocycles. The van der Waals surface area contributed by atoms with Gasteiger partial charge in [-0.1, -0.05) is 16.9 Å². The molecule has 0 atom stereocenters. The molecule has 0 bridgehead atoms. The molecule has 0 aliphatic rings. The lowest BCUT2D eigenvalue weighted by atomic mass is 10.3. The molecule has 0 unspecified atom stereocenters. The summed E-state index contributed by atoms with van der Waals surface area (Å²) in [4.78, 5) is 7.95. The second-order valence-corrected chi connectivity index (χ2v) is 3.48. The normalized spacial score (nSPS) is 10.5. The quantitative estimate of drug-likeness (QED) is 0.730. The van der Waals surface area contributed by atoms with Crippen molar-refractivity contribution in [2.24, 2.45) is 0 Å². The highest BCUT2D eigenvalue weighted by Gasteiger charge is 2.07. The average molecular weight is 204 g/mol. The molecule has 2 aromatic rings. The Hall–Kier alpha value is -1.98. The number of hydrogen-bond donors (Lipinski definition) is 1. The fraction of sp³-hybridized carbons (Fsp3) is 0.333. The van der Waals surface area contributed by atoms with E-state index in [-0.39, 0.29) is 0 Å². The van der Waals surface area contributed by atoms with Crippen molar-refractivity contribution in [2.45, 2.75) is 20.4 Å². The van der Waals surface area contributed by atoms with Gasteiger partial charge in [-0.05, 0) is 13.8 Å². The number of allylic oxidation sites excluding steroid dienone is 2. The third kappa shape index (κ3) is 1.78. The largest absolute Gasteiger partial charge is 0.382 e. The Bertz CT molecular complexity index is 508. The zero-order valence-corrected chi connectivity index (χ0v) is 8.68. The molecule has 0 aliphatic heterocycles. The molecule has 6 nitrogen and oxygen atoms in total. The maximum absolute atomic E-state index is 5.64. The van der Waals surface area contributed by atoms with Crippen LogP contribution in [0.15, 0.2) is 18.0 Å². The number of hydrogen-bond acceptors (Lipinski definition) is 5. The molecule has 15 heavy (non-hydrogen) atoms. The topological polar surface area (TPSA) is 82.5 Å². The molecule has 2 rings (SSSR count). The van der Waals surface area contributed by atoms with Gasteiger partial charge in [-0.2, -0.15) is 0 Å². The number of rotatable bonds is 2. The zero-order chi connectivity index (χ0) is 10.8. The van der Waals surface area contributed by atoms with Gasteiger partial charge < -0.3 is 5.73 Å². The highest BCUT2D eigenvalue weighted by molar-refractivity contribution is 5.80. The molecule has 2 aromatic heterocycles. The van der Waals surface area contributed by atoms with Gasteiger partial charge >= 0.3 is 0 Å². The van der Waals surface area contributed by atoms with Crippen LogP contribution >= 0.6 is 0 Å². The van der Waals surface area contributed by atoms with Crippen molar-refractivity contribution < 1.29 is 0 Å². The van der Waals surface area contributed by atoms with Crippen LogP contribution in [0.3, 0.4) is 0 Å². The van der Waals surface area contributed by atoms with Gasteiger partial charge in [0.25, 0.3) is 0 Å². The van der Waals surface area contributed by atoms with Gasteiger partial charge in [-0.25, -0.2) is 14.6 Å². The molecule has 2 heterocycles. The summed E-state index contributed by atoms with van der Waals surface area (Å²) >= 11 is 0. The summed E-state index contributed by atoms with van der Waals surface area (Å²) in [6.45, 7) is 4.71. The number of anilines is 1. The third-order valence-corrected chi connectivity index (χ3v) is 2.00. The molecule has 0 saturated heterocycles. The van der Waals surface area contributed by atoms with Crippen LogP contribution < -0.4 is 5.73 Å². The van der Waals surface area contributed by atoms with Crippen molar-refractivity contribution in [2.75, 3.05) is 5.73 Å². The number of nitrogens with zero attached hydrogens (tertiary/aromatic N) is 5. The Morgan fingerprint density at radius 3 is 3.00 bits per heavy atom. The second kappa shape index (κ2) is 3.64. The standard InChI is InChI=1S/C9H12N6/c1-6(2)3-4-15-9-7(13-14-15)8(10)11-5-12-9/h3,5H,4H2,1-2H3,(H2,10,11,12). The third-order valence-electron chi connectivity index (χ3n) is 2.00. The Morgan fingerprint density at radius 1 is 1.47 bits per heavy atom. The van der Waals surface area contributed by atoms with E-state index >= 15 is 0 Å². The lowest BCUT2D eigenvalue weighted by molar-refractivity contribution is 0.674. The molecule has 78 valence electrons. The molecular weight excluding hydrogens is 192 g/mol. The first kappa shape index (κ1) is 9.57. The van der Waals surface area contributed by atoms with Crippen LogP contribution in [-0.2, 0) is 6.54 Å². The summed E-state index contributed by atoms with van der Waals surface area (Å²) in [7, 11) is 0. The maximum Gasteiger partial charge on any atom is 0.184 e. The summed E-state index contributed by atoms with van der Waals surface area (Å²) in [5.74, 6) is 0.364. The van der Waals surface area contributed by atoms with Gasteiger partial charge in [-0.15, -0.1) is 5.10 Å². The Balaban J connectivity index is 2.45. The van der Waals surface area contributed by atoms with Crippen LogP contribution in [0.2, 0.25) is 0 Å². The van der Waals surface area contributed by atoms with Gasteiger partial charge in [0.1, 0.15) is 6.33 Å². The Kier molecular flexibility index (Phi) is 2.32. The zero-order valence-electron chi connectivity index (χ0n) is 8.68. The van der Waals surface area contributed by atoms with E-state index in [0.717, 1.165) is 0 Å². The fourth-order valence-electron chi connectivity index (χ4n) is 1.20. The molecule has 0 amide bonds. The minimum atomic E-state index is 0.364. The molecule has 0 aliphatic carbocycles. The van der Waals surface area contributed by atoms with Crippen molar-refractivity contribution in [3.63, 3.8) is 0 Å². The summed E-state index contributed by atoms with van der Waals surface area (Å²) in [5.41, 5.74) is 8.09. The number of nitrogens with two attached hydrogens (primary N) is 1. The van der Waals surface area contributed by atoms with E-state index in [1.807, 2.05) is 19.9 Å². The smallest absolute Gasteiger partial charge is 0.184 e. The lowest BCUT2D eigenvalue weighted by Crippen LogP contribution is -2.00. The minimum absolute atomic E-state index is 0.364. The summed E-state index contributed by atoms with van der Waals surface area (Å²) < 4.78 is 1.69. The van der Waals surface area contributed by atoms with Crippen LogP contribution in [0, 0.1) is 0 Å². The van der Waals surface area contributed by atoms with E-state index in [1.165, 1.54) is 11.9 Å². The Morgan fingerprint density at radius 2 is 2.27 bits per heavy atom. The lowest BCUT2D eigenvalue weighted by Gasteiger charge is -1.97. The van der Waals surface area contributed by atoms with Gasteiger partial charge in [0.05, 0.1) is 6.54 Å². The Labute approximate surface area is 86.8 Å². The van der Waals surface area contributed by atoms with Crippen molar-refractivity contribution in [1.29, 1.82) is 0 Å². The van der Waals surface area contributed by atoms with Crippen LogP contribution in [-0.4, -0.2) is 25.0 Å². The monoisotopic (exact) mass is 204 g/mol. The first-order valence-corrected chi connectivity index (χ1v) is 4.61. The maximum atomic E-state index is 5.64. The first-order chi connectivity index (χ1) is 7.18. The minimum Gasteiger partial charge on any atom is -0.382 e. The fourth-order valence-corrected chi connectivity index (χ4v) is 1.20. The number of fused-ring (bicyclic) bond motifs is 1. The van der Waals surface area contributed by atoms with Crippen molar-refractivity contribution in [3.8, 4) is 0 Å². The number of nitrogen functional groups attached to an aromatic ring is 1. The summed E-state index contributed by atoms with van der Waals surface area (Å²) in [6.07, 6.45) is 3.46. The predicted octanol–water partition coefficient (Wildman–Crippen LogP) is 0.770. The van der Waals surface area contributed by atoms with E-state index in [2.05, 4.69) is 20.3 Å². The van der Waals surface area contributed by atoms with Gasteiger partial charge in [0, 0.05) is 0 Å². The van der Waals surface area contributed by atoms with Crippen LogP contribution in [0.1, 0.15) is 13.8 Å². The van der Waals surface area contributed by atoms with Gasteiger partial charge in [0.2, 0.25) is 0 Å². The summed E-state index contributed by atoms with van der Waals surface area (Å²) in [6, 6.07) is 0. The molecule has 0 radical (unpaired) electrons. The highest BCUT2D eigenvalue weighted by Crippen LogP contribution is 2.12. The van der Waals surface area contributed by atoms with E-state index < -0.39 is 0 Å². The van der Waals surface area contributed by atoms with Crippen LogP contribution in [0.4, 0.5) is 5.82 Å². The SMILES string of the molecule is CC(C)=CCn1nnc2c(N)ncnc21. The van der Waals surface area contributed by atoms with E-state index in [0.29, 0.717) is 23.5 Å². The van der Waals surface area contributed by atoms with Crippen molar-refractivity contribution in [3.05, 3.63) is 18.0 Å². The summed E-state index contributed by atoms with van der Waals surface area (Å²) in [5, 5.41) is 7.90. The molecular formula is C9H12N6.